The molecule has 1 saturated heterocycles. The lowest BCUT2D eigenvalue weighted by atomic mass is 10.2. The largest absolute Gasteiger partial charge is 0.493 e. The van der Waals surface area contributed by atoms with Gasteiger partial charge in [-0.15, -0.1) is 0 Å². The molecule has 3 aromatic rings. The van der Waals surface area contributed by atoms with Crippen molar-refractivity contribution in [3.05, 3.63) is 90.0 Å². The van der Waals surface area contributed by atoms with Gasteiger partial charge in [0, 0.05) is 25.7 Å². The van der Waals surface area contributed by atoms with Crippen molar-refractivity contribution >= 4 is 10.0 Å². The minimum absolute atomic E-state index is 0.00662. The van der Waals surface area contributed by atoms with Gasteiger partial charge in [0.15, 0.2) is 11.5 Å². The normalized spacial score (nSPS) is 16.7. The number of hydrogen-bond donors (Lipinski definition) is 1. The van der Waals surface area contributed by atoms with Crippen LogP contribution in [0.3, 0.4) is 0 Å². The van der Waals surface area contributed by atoms with Gasteiger partial charge in [-0.05, 0) is 41.8 Å². The van der Waals surface area contributed by atoms with E-state index >= 15 is 0 Å². The molecule has 3 aromatic carbocycles. The molecule has 0 spiro atoms. The van der Waals surface area contributed by atoms with Crippen molar-refractivity contribution in [1.82, 2.24) is 9.62 Å². The molecule has 32 heavy (non-hydrogen) atoms. The van der Waals surface area contributed by atoms with Gasteiger partial charge in [-0.25, -0.2) is 13.1 Å². The lowest BCUT2D eigenvalue weighted by Gasteiger charge is -2.17. The molecule has 0 radical (unpaired) electrons. The summed E-state index contributed by atoms with van der Waals surface area (Å²) in [6.45, 7) is 2.27. The maximum Gasteiger partial charge on any atom is 0.216 e. The maximum absolute atomic E-state index is 12.5. The molecule has 168 valence electrons. The molecular formula is C25H28N2O4S. The van der Waals surface area contributed by atoms with Crippen molar-refractivity contribution < 1.29 is 17.9 Å². The lowest BCUT2D eigenvalue weighted by molar-refractivity contribution is 0.324. The highest BCUT2D eigenvalue weighted by Crippen LogP contribution is 2.31. The highest BCUT2D eigenvalue weighted by molar-refractivity contribution is 7.88. The number of methoxy groups -OCH3 is 1. The van der Waals surface area contributed by atoms with Gasteiger partial charge in [0.25, 0.3) is 0 Å². The van der Waals surface area contributed by atoms with Crippen LogP contribution in [0.15, 0.2) is 78.9 Å². The second-order valence-corrected chi connectivity index (χ2v) is 9.74. The molecule has 1 aliphatic heterocycles. The van der Waals surface area contributed by atoms with Crippen LogP contribution >= 0.6 is 0 Å². The Bertz CT molecular complexity index is 1140. The SMILES string of the molecule is COc1ccccc1Oc1cccc(CN2CC[C@@H](NS(=O)(=O)Cc3ccccc3)C2)c1. The first-order chi connectivity index (χ1) is 15.5. The molecule has 0 bridgehead atoms. The van der Waals surface area contributed by atoms with E-state index in [4.69, 9.17) is 9.47 Å². The van der Waals surface area contributed by atoms with Crippen molar-refractivity contribution in [2.75, 3.05) is 20.2 Å². The summed E-state index contributed by atoms with van der Waals surface area (Å²) in [7, 11) is -1.75. The maximum atomic E-state index is 12.5. The number of rotatable bonds is 9. The Kier molecular flexibility index (Phi) is 7.09. The predicted molar refractivity (Wildman–Crippen MR) is 125 cm³/mol. The van der Waals surface area contributed by atoms with Crippen molar-refractivity contribution in [1.29, 1.82) is 0 Å². The number of benzene rings is 3. The number of para-hydroxylation sites is 2. The Morgan fingerprint density at radius 1 is 0.938 bits per heavy atom. The van der Waals surface area contributed by atoms with Gasteiger partial charge in [0.1, 0.15) is 5.75 Å². The summed E-state index contributed by atoms with van der Waals surface area (Å²) in [5, 5.41) is 0. The first kappa shape index (κ1) is 22.3. The molecule has 1 fully saturated rings. The summed E-state index contributed by atoms with van der Waals surface area (Å²) in [4.78, 5) is 2.26. The standard InChI is InChI=1S/C25H28N2O4S/c1-30-24-12-5-6-13-25(24)31-23-11-7-10-21(16-23)17-27-15-14-22(18-27)26-32(28,29)19-20-8-3-2-4-9-20/h2-13,16,22,26H,14-15,17-19H2,1H3/t22-/m1/s1. The first-order valence-corrected chi connectivity index (χ1v) is 12.3. The van der Waals surface area contributed by atoms with E-state index in [1.807, 2.05) is 72.8 Å². The number of ether oxygens (including phenoxy) is 2. The molecular weight excluding hydrogens is 424 g/mol. The van der Waals surface area contributed by atoms with Crippen LogP contribution in [0, 0.1) is 0 Å². The van der Waals surface area contributed by atoms with Crippen LogP contribution in [0.5, 0.6) is 17.2 Å². The third-order valence-corrected chi connectivity index (χ3v) is 6.83. The fourth-order valence-electron chi connectivity index (χ4n) is 3.96. The van der Waals surface area contributed by atoms with Crippen LogP contribution in [0.1, 0.15) is 17.5 Å². The van der Waals surface area contributed by atoms with Crippen molar-refractivity contribution in [2.45, 2.75) is 24.8 Å². The molecule has 0 unspecified atom stereocenters. The van der Waals surface area contributed by atoms with Crippen LogP contribution in [0.25, 0.3) is 0 Å². The van der Waals surface area contributed by atoms with Gasteiger partial charge in [-0.2, -0.15) is 0 Å². The number of nitrogens with zero attached hydrogens (tertiary/aromatic N) is 1. The molecule has 0 saturated carbocycles. The van der Waals surface area contributed by atoms with Crippen LogP contribution in [-0.4, -0.2) is 39.6 Å². The van der Waals surface area contributed by atoms with Crippen LogP contribution < -0.4 is 14.2 Å². The Morgan fingerprint density at radius 2 is 1.66 bits per heavy atom. The van der Waals surface area contributed by atoms with E-state index in [1.165, 1.54) is 0 Å². The minimum Gasteiger partial charge on any atom is -0.493 e. The van der Waals surface area contributed by atoms with Gasteiger partial charge in [0.2, 0.25) is 10.0 Å². The van der Waals surface area contributed by atoms with E-state index in [0.29, 0.717) is 18.0 Å². The van der Waals surface area contributed by atoms with Crippen LogP contribution in [-0.2, 0) is 22.3 Å². The number of sulfonamides is 1. The molecule has 1 atom stereocenters. The minimum atomic E-state index is -3.37. The topological polar surface area (TPSA) is 67.9 Å². The second kappa shape index (κ2) is 10.2. The summed E-state index contributed by atoms with van der Waals surface area (Å²) in [6, 6.07) is 24.7. The Morgan fingerprint density at radius 3 is 2.44 bits per heavy atom. The van der Waals surface area contributed by atoms with E-state index in [-0.39, 0.29) is 11.8 Å². The second-order valence-electron chi connectivity index (χ2n) is 7.98. The molecule has 1 aliphatic rings. The summed E-state index contributed by atoms with van der Waals surface area (Å²) in [6.07, 6.45) is 0.797. The quantitative estimate of drug-likeness (QED) is 0.528. The van der Waals surface area contributed by atoms with E-state index in [9.17, 15) is 8.42 Å². The fraction of sp³-hybridized carbons (Fsp3) is 0.280. The average molecular weight is 453 g/mol. The smallest absolute Gasteiger partial charge is 0.216 e. The van der Waals surface area contributed by atoms with Crippen molar-refractivity contribution in [3.63, 3.8) is 0 Å². The third-order valence-electron chi connectivity index (χ3n) is 5.42. The average Bonchev–Trinajstić information content (AvgIpc) is 3.20. The Labute approximate surface area is 189 Å². The van der Waals surface area contributed by atoms with Crippen molar-refractivity contribution in [3.8, 4) is 17.2 Å². The van der Waals surface area contributed by atoms with E-state index in [2.05, 4.69) is 15.7 Å². The molecule has 0 aliphatic carbocycles. The van der Waals surface area contributed by atoms with Gasteiger partial charge in [-0.3, -0.25) is 4.90 Å². The first-order valence-electron chi connectivity index (χ1n) is 10.7. The zero-order valence-corrected chi connectivity index (χ0v) is 18.9. The van der Waals surface area contributed by atoms with Crippen molar-refractivity contribution in [2.24, 2.45) is 0 Å². The van der Waals surface area contributed by atoms with Crippen LogP contribution in [0.2, 0.25) is 0 Å². The summed E-state index contributed by atoms with van der Waals surface area (Å²) >= 11 is 0. The highest BCUT2D eigenvalue weighted by Gasteiger charge is 2.26. The van der Waals surface area contributed by atoms with Crippen LogP contribution in [0.4, 0.5) is 0 Å². The zero-order chi connectivity index (χ0) is 22.4. The number of hydrogen-bond acceptors (Lipinski definition) is 5. The zero-order valence-electron chi connectivity index (χ0n) is 18.1. The molecule has 1 N–H and O–H groups in total. The van der Waals surface area contributed by atoms with E-state index in [1.54, 1.807) is 7.11 Å². The van der Waals surface area contributed by atoms with Gasteiger partial charge < -0.3 is 9.47 Å². The fourth-order valence-corrected chi connectivity index (χ4v) is 5.37. The van der Waals surface area contributed by atoms with Gasteiger partial charge in [-0.1, -0.05) is 54.6 Å². The molecule has 6 nitrogen and oxygen atoms in total. The summed E-state index contributed by atoms with van der Waals surface area (Å²) in [5.74, 6) is 2.10. The van der Waals surface area contributed by atoms with Gasteiger partial charge >= 0.3 is 0 Å². The molecule has 0 aromatic heterocycles. The predicted octanol–water partition coefficient (Wildman–Crippen LogP) is 4.18. The number of likely N-dealkylation sites (tertiary alicyclic amines) is 1. The molecule has 4 rings (SSSR count). The summed E-state index contributed by atoms with van der Waals surface area (Å²) in [5.41, 5.74) is 1.91. The summed E-state index contributed by atoms with van der Waals surface area (Å²) < 4.78 is 39.3. The highest BCUT2D eigenvalue weighted by atomic mass is 32.2. The monoisotopic (exact) mass is 452 g/mol. The Hall–Kier alpha value is -2.87. The third kappa shape index (κ3) is 6.09. The van der Waals surface area contributed by atoms with E-state index in [0.717, 1.165) is 36.4 Å². The number of nitrogens with one attached hydrogen (secondary N) is 1. The Balaban J connectivity index is 1.33. The molecule has 7 heteroatoms. The van der Waals surface area contributed by atoms with Gasteiger partial charge in [0.05, 0.1) is 12.9 Å². The van der Waals surface area contributed by atoms with E-state index < -0.39 is 10.0 Å². The lowest BCUT2D eigenvalue weighted by Crippen LogP contribution is -2.37. The molecule has 1 heterocycles. The molecule has 0 amide bonds.